The standard InChI is InChI=1S/C14H16N2O4/c1-9(2)15(3)8-12(17)20-16-13(18)10-6-4-5-7-11(10)14(16)19/h4-7,9H,8H2,1-3H3. The fourth-order valence-corrected chi connectivity index (χ4v) is 1.77. The Morgan fingerprint density at radius 3 is 2.15 bits per heavy atom. The van der Waals surface area contributed by atoms with Crippen molar-refractivity contribution < 1.29 is 19.2 Å². The first-order valence-electron chi connectivity index (χ1n) is 6.30. The molecule has 1 aliphatic heterocycles. The van der Waals surface area contributed by atoms with Crippen LogP contribution in [0.4, 0.5) is 0 Å². The van der Waals surface area contributed by atoms with Gasteiger partial charge in [0.25, 0.3) is 11.8 Å². The maximum Gasteiger partial charge on any atom is 0.347 e. The summed E-state index contributed by atoms with van der Waals surface area (Å²) in [7, 11) is 1.76. The van der Waals surface area contributed by atoms with Crippen molar-refractivity contribution in [1.82, 2.24) is 9.96 Å². The number of nitrogens with zero attached hydrogens (tertiary/aromatic N) is 2. The molecule has 0 saturated heterocycles. The van der Waals surface area contributed by atoms with Crippen LogP contribution in [-0.4, -0.2) is 47.4 Å². The van der Waals surface area contributed by atoms with E-state index in [1.54, 1.807) is 24.1 Å². The van der Waals surface area contributed by atoms with Crippen LogP contribution in [0.15, 0.2) is 24.3 Å². The molecule has 0 saturated carbocycles. The van der Waals surface area contributed by atoms with Crippen molar-refractivity contribution in [2.45, 2.75) is 19.9 Å². The minimum atomic E-state index is -0.643. The molecule has 1 aliphatic rings. The highest BCUT2D eigenvalue weighted by molar-refractivity contribution is 6.20. The minimum Gasteiger partial charge on any atom is -0.328 e. The summed E-state index contributed by atoms with van der Waals surface area (Å²) in [5.74, 6) is -1.85. The number of rotatable bonds is 4. The van der Waals surface area contributed by atoms with Crippen LogP contribution in [0.2, 0.25) is 0 Å². The number of imide groups is 1. The third kappa shape index (κ3) is 2.55. The second kappa shape index (κ2) is 5.42. The molecule has 6 heteroatoms. The molecule has 0 aromatic heterocycles. The maximum atomic E-state index is 12.0. The number of hydrogen-bond donors (Lipinski definition) is 0. The van der Waals surface area contributed by atoms with Gasteiger partial charge in [-0.2, -0.15) is 0 Å². The molecule has 106 valence electrons. The number of hydroxylamine groups is 2. The predicted molar refractivity (Wildman–Crippen MR) is 70.8 cm³/mol. The van der Waals surface area contributed by atoms with Gasteiger partial charge in [0.05, 0.1) is 17.7 Å². The SMILES string of the molecule is CC(C)N(C)CC(=O)ON1C(=O)c2ccccc2C1=O. The molecular formula is C14H16N2O4. The lowest BCUT2D eigenvalue weighted by molar-refractivity contribution is -0.169. The Labute approximate surface area is 116 Å². The number of amides is 2. The normalized spacial score (nSPS) is 14.2. The van der Waals surface area contributed by atoms with E-state index in [4.69, 9.17) is 4.84 Å². The van der Waals surface area contributed by atoms with Gasteiger partial charge < -0.3 is 4.84 Å². The molecule has 1 aromatic rings. The Kier molecular flexibility index (Phi) is 3.85. The van der Waals surface area contributed by atoms with E-state index in [1.165, 1.54) is 12.1 Å². The molecule has 1 heterocycles. The predicted octanol–water partition coefficient (Wildman–Crippen LogP) is 1.08. The largest absolute Gasteiger partial charge is 0.347 e. The molecular weight excluding hydrogens is 260 g/mol. The van der Waals surface area contributed by atoms with E-state index in [-0.39, 0.29) is 23.7 Å². The third-order valence-corrected chi connectivity index (χ3v) is 3.21. The van der Waals surface area contributed by atoms with Gasteiger partial charge in [-0.25, -0.2) is 4.79 Å². The average molecular weight is 276 g/mol. The average Bonchev–Trinajstić information content (AvgIpc) is 2.64. The molecule has 6 nitrogen and oxygen atoms in total. The Morgan fingerprint density at radius 1 is 1.20 bits per heavy atom. The fraction of sp³-hybridized carbons (Fsp3) is 0.357. The molecule has 2 amide bonds. The highest BCUT2D eigenvalue weighted by Gasteiger charge is 2.38. The van der Waals surface area contributed by atoms with Crippen molar-refractivity contribution in [2.75, 3.05) is 13.6 Å². The van der Waals surface area contributed by atoms with Gasteiger partial charge in [-0.05, 0) is 33.0 Å². The molecule has 0 spiro atoms. The molecule has 0 aliphatic carbocycles. The summed E-state index contributed by atoms with van der Waals surface area (Å²) in [4.78, 5) is 42.3. The maximum absolute atomic E-state index is 12.0. The summed E-state index contributed by atoms with van der Waals surface area (Å²) in [5, 5.41) is 0.529. The van der Waals surface area contributed by atoms with E-state index in [1.807, 2.05) is 13.8 Å². The van der Waals surface area contributed by atoms with Gasteiger partial charge in [-0.15, -0.1) is 0 Å². The van der Waals surface area contributed by atoms with Crippen LogP contribution in [0, 0.1) is 0 Å². The fourth-order valence-electron chi connectivity index (χ4n) is 1.77. The van der Waals surface area contributed by atoms with Crippen molar-refractivity contribution in [3.05, 3.63) is 35.4 Å². The number of likely N-dealkylation sites (N-methyl/N-ethyl adjacent to an activating group) is 1. The summed E-state index contributed by atoms with van der Waals surface area (Å²) in [6, 6.07) is 6.53. The van der Waals surface area contributed by atoms with Gasteiger partial charge in [-0.3, -0.25) is 14.5 Å². The van der Waals surface area contributed by atoms with Crippen molar-refractivity contribution in [2.24, 2.45) is 0 Å². The monoisotopic (exact) mass is 276 g/mol. The Bertz CT molecular complexity index is 533. The summed E-state index contributed by atoms with van der Waals surface area (Å²) in [5.41, 5.74) is 0.505. The van der Waals surface area contributed by atoms with Crippen LogP contribution in [0.25, 0.3) is 0 Å². The van der Waals surface area contributed by atoms with E-state index in [0.717, 1.165) is 0 Å². The van der Waals surface area contributed by atoms with Gasteiger partial charge in [0.2, 0.25) is 0 Å². The van der Waals surface area contributed by atoms with E-state index >= 15 is 0 Å². The first kappa shape index (κ1) is 14.2. The van der Waals surface area contributed by atoms with E-state index < -0.39 is 17.8 Å². The van der Waals surface area contributed by atoms with Crippen molar-refractivity contribution in [3.63, 3.8) is 0 Å². The first-order valence-corrected chi connectivity index (χ1v) is 6.30. The van der Waals surface area contributed by atoms with Crippen LogP contribution < -0.4 is 0 Å². The zero-order chi connectivity index (χ0) is 14.9. The van der Waals surface area contributed by atoms with Crippen molar-refractivity contribution in [1.29, 1.82) is 0 Å². The first-order chi connectivity index (χ1) is 9.41. The van der Waals surface area contributed by atoms with Crippen molar-refractivity contribution >= 4 is 17.8 Å². The third-order valence-electron chi connectivity index (χ3n) is 3.21. The molecule has 0 unspecified atom stereocenters. The number of benzene rings is 1. The quantitative estimate of drug-likeness (QED) is 0.770. The number of fused-ring (bicyclic) bond motifs is 1. The summed E-state index contributed by atoms with van der Waals surface area (Å²) in [6.07, 6.45) is 0. The van der Waals surface area contributed by atoms with E-state index in [2.05, 4.69) is 0 Å². The zero-order valence-electron chi connectivity index (χ0n) is 11.6. The van der Waals surface area contributed by atoms with Gasteiger partial charge in [0.15, 0.2) is 0 Å². The molecule has 1 aromatic carbocycles. The number of carbonyl (C=O) groups excluding carboxylic acids is 3. The van der Waals surface area contributed by atoms with Gasteiger partial charge in [-0.1, -0.05) is 17.2 Å². The van der Waals surface area contributed by atoms with Gasteiger partial charge in [0, 0.05) is 6.04 Å². The minimum absolute atomic E-state index is 0.00503. The lowest BCUT2D eigenvalue weighted by Gasteiger charge is -2.20. The highest BCUT2D eigenvalue weighted by atomic mass is 16.7. The molecule has 0 fully saturated rings. The zero-order valence-corrected chi connectivity index (χ0v) is 11.6. The lowest BCUT2D eigenvalue weighted by atomic mass is 10.1. The number of carbonyl (C=O) groups is 3. The Hall–Kier alpha value is -2.21. The van der Waals surface area contributed by atoms with Gasteiger partial charge >= 0.3 is 5.97 Å². The summed E-state index contributed by atoms with van der Waals surface area (Å²) in [6.45, 7) is 3.86. The van der Waals surface area contributed by atoms with Crippen LogP contribution in [0.1, 0.15) is 34.6 Å². The molecule has 0 N–H and O–H groups in total. The smallest absolute Gasteiger partial charge is 0.328 e. The molecule has 0 radical (unpaired) electrons. The molecule has 0 bridgehead atoms. The Balaban J connectivity index is 2.07. The van der Waals surface area contributed by atoms with Crippen molar-refractivity contribution in [3.8, 4) is 0 Å². The summed E-state index contributed by atoms with van der Waals surface area (Å²) >= 11 is 0. The Morgan fingerprint density at radius 2 is 1.70 bits per heavy atom. The highest BCUT2D eigenvalue weighted by Crippen LogP contribution is 2.22. The topological polar surface area (TPSA) is 66.9 Å². The molecule has 0 atom stereocenters. The van der Waals surface area contributed by atoms with E-state index in [0.29, 0.717) is 5.06 Å². The van der Waals surface area contributed by atoms with Crippen LogP contribution in [0.5, 0.6) is 0 Å². The second-order valence-electron chi connectivity index (χ2n) is 4.92. The summed E-state index contributed by atoms with van der Waals surface area (Å²) < 4.78 is 0. The second-order valence-corrected chi connectivity index (χ2v) is 4.92. The van der Waals surface area contributed by atoms with Crippen LogP contribution >= 0.6 is 0 Å². The van der Waals surface area contributed by atoms with E-state index in [9.17, 15) is 14.4 Å². The van der Waals surface area contributed by atoms with Crippen LogP contribution in [0.3, 0.4) is 0 Å². The van der Waals surface area contributed by atoms with Gasteiger partial charge in [0.1, 0.15) is 0 Å². The molecule has 2 rings (SSSR count). The number of hydrogen-bond acceptors (Lipinski definition) is 5. The molecule has 20 heavy (non-hydrogen) atoms. The lowest BCUT2D eigenvalue weighted by Crippen LogP contribution is -2.38. The van der Waals surface area contributed by atoms with Crippen LogP contribution in [-0.2, 0) is 9.63 Å².